The zero-order valence-electron chi connectivity index (χ0n) is 15.8. The van der Waals surface area contributed by atoms with Crippen molar-refractivity contribution in [3.63, 3.8) is 0 Å². The van der Waals surface area contributed by atoms with Crippen LogP contribution in [0, 0.1) is 6.92 Å². The number of benzene rings is 1. The minimum absolute atomic E-state index is 0.0173. The van der Waals surface area contributed by atoms with E-state index in [0.29, 0.717) is 5.75 Å². The summed E-state index contributed by atoms with van der Waals surface area (Å²) in [7, 11) is 0. The lowest BCUT2D eigenvalue weighted by Gasteiger charge is -2.23. The predicted octanol–water partition coefficient (Wildman–Crippen LogP) is 4.85. The summed E-state index contributed by atoms with van der Waals surface area (Å²) in [6, 6.07) is 12.5. The van der Waals surface area contributed by atoms with E-state index in [-0.39, 0.29) is 11.9 Å². The average Bonchev–Trinajstić information content (AvgIpc) is 3.47. The molecular weight excluding hydrogens is 406 g/mol. The molecule has 1 atom stereocenters. The summed E-state index contributed by atoms with van der Waals surface area (Å²) in [6.07, 6.45) is 3.12. The number of hydrogen-bond donors (Lipinski definition) is 0. The number of nitrogens with zero attached hydrogens (tertiary/aromatic N) is 3. The van der Waals surface area contributed by atoms with Gasteiger partial charge < -0.3 is 4.90 Å². The fourth-order valence-corrected chi connectivity index (χ4v) is 5.39. The Morgan fingerprint density at radius 1 is 1.25 bits per heavy atom. The number of thioether (sulfide) groups is 1. The molecule has 4 nitrogen and oxygen atoms in total. The Morgan fingerprint density at radius 2 is 2.00 bits per heavy atom. The Balaban J connectivity index is 1.50. The van der Waals surface area contributed by atoms with Gasteiger partial charge in [-0.3, -0.25) is 4.79 Å². The molecule has 4 rings (SSSR count). The molecule has 0 N–H and O–H groups in total. The van der Waals surface area contributed by atoms with Gasteiger partial charge in [0.2, 0.25) is 0 Å². The topological polar surface area (TPSA) is 35.9 Å². The molecule has 2 aliphatic rings. The van der Waals surface area contributed by atoms with E-state index in [1.807, 2.05) is 11.4 Å². The van der Waals surface area contributed by atoms with Crippen LogP contribution in [0.4, 0.5) is 0 Å². The predicted molar refractivity (Wildman–Crippen MR) is 122 cm³/mol. The molecule has 1 fully saturated rings. The molecule has 0 spiro atoms. The molecule has 0 saturated carbocycles. The van der Waals surface area contributed by atoms with E-state index in [1.54, 1.807) is 16.3 Å². The Kier molecular flexibility index (Phi) is 6.13. The lowest BCUT2D eigenvalue weighted by molar-refractivity contribution is -0.130. The van der Waals surface area contributed by atoms with Gasteiger partial charge in [0.15, 0.2) is 0 Å². The molecule has 2 aliphatic heterocycles. The van der Waals surface area contributed by atoms with Crippen molar-refractivity contribution < 1.29 is 4.79 Å². The van der Waals surface area contributed by atoms with Crippen LogP contribution in [-0.4, -0.2) is 44.7 Å². The normalized spacial score (nSPS) is 19.2. The summed E-state index contributed by atoms with van der Waals surface area (Å²) in [5.74, 6) is 0.350. The van der Waals surface area contributed by atoms with Crippen molar-refractivity contribution in [1.82, 2.24) is 9.91 Å². The van der Waals surface area contributed by atoms with Crippen molar-refractivity contribution in [2.45, 2.75) is 32.2 Å². The highest BCUT2D eigenvalue weighted by molar-refractivity contribution is 8.23. The van der Waals surface area contributed by atoms with Gasteiger partial charge in [0, 0.05) is 19.5 Å². The first-order chi connectivity index (χ1) is 13.6. The van der Waals surface area contributed by atoms with Crippen LogP contribution in [0.1, 0.15) is 41.3 Å². The van der Waals surface area contributed by atoms with Gasteiger partial charge in [0.1, 0.15) is 4.32 Å². The fraction of sp³-hybridized carbons (Fsp3) is 0.381. The zero-order valence-corrected chi connectivity index (χ0v) is 18.3. The van der Waals surface area contributed by atoms with Crippen molar-refractivity contribution in [2.24, 2.45) is 5.10 Å². The van der Waals surface area contributed by atoms with Crippen molar-refractivity contribution in [2.75, 3.05) is 18.8 Å². The molecule has 2 aromatic rings. The smallest absolute Gasteiger partial charge is 0.253 e. The third-order valence-corrected chi connectivity index (χ3v) is 7.54. The van der Waals surface area contributed by atoms with Crippen LogP contribution in [0.15, 0.2) is 46.9 Å². The highest BCUT2D eigenvalue weighted by Crippen LogP contribution is 2.34. The number of thiocarbonyl (C=S) groups is 1. The molecule has 1 aromatic heterocycles. The third kappa shape index (κ3) is 4.31. The van der Waals surface area contributed by atoms with Gasteiger partial charge in [0.05, 0.1) is 22.4 Å². The number of rotatable bonds is 4. The first-order valence-electron chi connectivity index (χ1n) is 9.53. The second-order valence-corrected chi connectivity index (χ2v) is 9.70. The number of likely N-dealkylation sites (tertiary alicyclic amines) is 1. The number of aryl methyl sites for hydroxylation is 1. The van der Waals surface area contributed by atoms with E-state index < -0.39 is 0 Å². The van der Waals surface area contributed by atoms with Crippen LogP contribution in [0.2, 0.25) is 0 Å². The van der Waals surface area contributed by atoms with Crippen LogP contribution in [0.5, 0.6) is 0 Å². The first kappa shape index (κ1) is 19.6. The number of hydrogen-bond acceptors (Lipinski definition) is 5. The molecule has 3 heterocycles. The third-order valence-electron chi connectivity index (χ3n) is 5.12. The Labute approximate surface area is 179 Å². The van der Waals surface area contributed by atoms with Crippen LogP contribution in [-0.2, 0) is 4.79 Å². The number of thiophene rings is 1. The standard InChI is InChI=1S/C21H23N3OS3/c1-15-6-8-16(9-7-15)18-13-17(19-5-4-12-27-19)22-24(18)20(25)14-28-21(26)23-10-2-3-11-23/h4-9,12,18H,2-3,10-11,13-14H2,1H3. The lowest BCUT2D eigenvalue weighted by Crippen LogP contribution is -2.30. The van der Waals surface area contributed by atoms with E-state index in [0.717, 1.165) is 40.0 Å². The van der Waals surface area contributed by atoms with Crippen molar-refractivity contribution in [1.29, 1.82) is 0 Å². The molecule has 0 radical (unpaired) electrons. The highest BCUT2D eigenvalue weighted by Gasteiger charge is 2.33. The minimum atomic E-state index is -0.0499. The largest absolute Gasteiger partial charge is 0.358 e. The van der Waals surface area contributed by atoms with Gasteiger partial charge in [-0.25, -0.2) is 5.01 Å². The lowest BCUT2D eigenvalue weighted by atomic mass is 10.00. The van der Waals surface area contributed by atoms with Crippen LogP contribution < -0.4 is 0 Å². The zero-order chi connectivity index (χ0) is 19.5. The molecule has 1 saturated heterocycles. The molecule has 146 valence electrons. The van der Waals surface area contributed by atoms with Crippen molar-refractivity contribution in [3.05, 3.63) is 57.8 Å². The molecule has 1 amide bonds. The van der Waals surface area contributed by atoms with Crippen LogP contribution in [0.25, 0.3) is 0 Å². The van der Waals surface area contributed by atoms with Crippen LogP contribution in [0.3, 0.4) is 0 Å². The Morgan fingerprint density at radius 3 is 2.68 bits per heavy atom. The summed E-state index contributed by atoms with van der Waals surface area (Å²) >= 11 is 8.65. The summed E-state index contributed by atoms with van der Waals surface area (Å²) < 4.78 is 0.833. The fourth-order valence-electron chi connectivity index (χ4n) is 3.56. The maximum atomic E-state index is 13.1. The monoisotopic (exact) mass is 429 g/mol. The summed E-state index contributed by atoms with van der Waals surface area (Å²) in [5.41, 5.74) is 3.33. The molecular formula is C21H23N3OS3. The first-order valence-corrected chi connectivity index (χ1v) is 11.8. The van der Waals surface area contributed by atoms with E-state index in [1.165, 1.54) is 30.2 Å². The number of hydrazone groups is 1. The average molecular weight is 430 g/mol. The SMILES string of the molecule is Cc1ccc(C2CC(c3cccs3)=NN2C(=O)CSC(=S)N2CCCC2)cc1. The number of carbonyl (C=O) groups excluding carboxylic acids is 1. The number of amides is 1. The molecule has 0 bridgehead atoms. The summed E-state index contributed by atoms with van der Waals surface area (Å²) in [5, 5.41) is 8.46. The van der Waals surface area contributed by atoms with Gasteiger partial charge in [-0.2, -0.15) is 5.10 Å². The molecule has 1 unspecified atom stereocenters. The Hall–Kier alpha value is -1.70. The maximum absolute atomic E-state index is 13.1. The highest BCUT2D eigenvalue weighted by atomic mass is 32.2. The molecule has 1 aromatic carbocycles. The quantitative estimate of drug-likeness (QED) is 0.651. The van der Waals surface area contributed by atoms with Crippen molar-refractivity contribution >= 4 is 51.3 Å². The van der Waals surface area contributed by atoms with E-state index >= 15 is 0 Å². The second kappa shape index (κ2) is 8.76. The molecule has 28 heavy (non-hydrogen) atoms. The second-order valence-electron chi connectivity index (χ2n) is 7.14. The van der Waals surface area contributed by atoms with E-state index in [4.69, 9.17) is 17.3 Å². The number of carbonyl (C=O) groups is 1. The van der Waals surface area contributed by atoms with Crippen LogP contribution >= 0.6 is 35.3 Å². The van der Waals surface area contributed by atoms with E-state index in [2.05, 4.69) is 42.2 Å². The van der Waals surface area contributed by atoms with E-state index in [9.17, 15) is 4.79 Å². The molecule has 7 heteroatoms. The van der Waals surface area contributed by atoms with Gasteiger partial charge in [-0.05, 0) is 36.8 Å². The van der Waals surface area contributed by atoms with Crippen molar-refractivity contribution in [3.8, 4) is 0 Å². The van der Waals surface area contributed by atoms with Gasteiger partial charge >= 0.3 is 0 Å². The maximum Gasteiger partial charge on any atom is 0.253 e. The Bertz CT molecular complexity index is 871. The summed E-state index contributed by atoms with van der Waals surface area (Å²) in [4.78, 5) is 16.4. The van der Waals surface area contributed by atoms with Gasteiger partial charge in [-0.1, -0.05) is 59.9 Å². The minimum Gasteiger partial charge on any atom is -0.358 e. The summed E-state index contributed by atoms with van der Waals surface area (Å²) in [6.45, 7) is 4.09. The molecule has 0 aliphatic carbocycles. The van der Waals surface area contributed by atoms with Gasteiger partial charge in [0.25, 0.3) is 5.91 Å². The van der Waals surface area contributed by atoms with Gasteiger partial charge in [-0.15, -0.1) is 11.3 Å².